The number of hydrogen-bond acceptors (Lipinski definition) is 1. The molecule has 0 saturated heterocycles. The molecule has 0 spiro atoms. The molecule has 1 aliphatic heterocycles. The molecule has 3 heteroatoms. The van der Waals surface area contributed by atoms with Gasteiger partial charge in [-0.15, -0.1) is 0 Å². The van der Waals surface area contributed by atoms with E-state index in [1.165, 1.54) is 0 Å². The molecule has 0 radical (unpaired) electrons. The van der Waals surface area contributed by atoms with Gasteiger partial charge in [0.15, 0.2) is 11.0 Å². The van der Waals surface area contributed by atoms with Crippen molar-refractivity contribution in [2.75, 3.05) is 4.31 Å². The van der Waals surface area contributed by atoms with Crippen LogP contribution in [0.25, 0.3) is 0 Å². The average molecular weight is 243 g/mol. The Morgan fingerprint density at radius 1 is 1.06 bits per heavy atom. The minimum atomic E-state index is -1.06. The van der Waals surface area contributed by atoms with Crippen LogP contribution in [0.2, 0.25) is 0 Å². The fourth-order valence-electron chi connectivity index (χ4n) is 2.15. The molecule has 86 valence electrons. The van der Waals surface area contributed by atoms with Gasteiger partial charge in [0.2, 0.25) is 0 Å². The highest BCUT2D eigenvalue weighted by Crippen LogP contribution is 2.32. The molecule has 0 fully saturated rings. The molecule has 1 heterocycles. The molecule has 1 unspecified atom stereocenters. The van der Waals surface area contributed by atoms with Crippen LogP contribution in [0.5, 0.6) is 0 Å². The van der Waals surface area contributed by atoms with Gasteiger partial charge in [0.25, 0.3) is 0 Å². The quantitative estimate of drug-likeness (QED) is 0.754. The second-order valence-corrected chi connectivity index (χ2v) is 5.56. The summed E-state index contributed by atoms with van der Waals surface area (Å²) in [5, 5.41) is 0. The van der Waals surface area contributed by atoms with Crippen LogP contribution in [-0.2, 0) is 17.5 Å². The summed E-state index contributed by atoms with van der Waals surface area (Å²) >= 11 is 0. The van der Waals surface area contributed by atoms with Crippen LogP contribution in [0.3, 0.4) is 0 Å². The van der Waals surface area contributed by atoms with Crippen LogP contribution in [-0.4, -0.2) is 4.21 Å². The highest BCUT2D eigenvalue weighted by Gasteiger charge is 2.27. The minimum absolute atomic E-state index is 0.730. The largest absolute Gasteiger partial charge is 0.283 e. The van der Waals surface area contributed by atoms with E-state index in [-0.39, 0.29) is 0 Å². The van der Waals surface area contributed by atoms with E-state index in [4.69, 9.17) is 0 Å². The van der Waals surface area contributed by atoms with Gasteiger partial charge >= 0.3 is 0 Å². The lowest BCUT2D eigenvalue weighted by molar-refractivity contribution is 0.683. The summed E-state index contributed by atoms with van der Waals surface area (Å²) in [6.07, 6.45) is 0. The number of fused-ring (bicyclic) bond motifs is 1. The van der Waals surface area contributed by atoms with Gasteiger partial charge in [-0.1, -0.05) is 36.4 Å². The van der Waals surface area contributed by atoms with Crippen molar-refractivity contribution < 1.29 is 4.21 Å². The first-order valence-electron chi connectivity index (χ1n) is 5.60. The molecule has 2 aromatic rings. The molecule has 0 bridgehead atoms. The maximum Gasteiger partial charge on any atom is 0.153 e. The number of benzene rings is 2. The first-order valence-corrected chi connectivity index (χ1v) is 6.71. The monoisotopic (exact) mass is 243 g/mol. The van der Waals surface area contributed by atoms with E-state index in [9.17, 15) is 4.21 Å². The summed E-state index contributed by atoms with van der Waals surface area (Å²) < 4.78 is 14.3. The Bertz CT molecular complexity index is 594. The van der Waals surface area contributed by atoms with Gasteiger partial charge in [-0.05, 0) is 30.2 Å². The molecule has 0 amide bonds. The zero-order valence-corrected chi connectivity index (χ0v) is 10.4. The molecule has 0 N–H and O–H groups in total. The Balaban J connectivity index is 2.05. The van der Waals surface area contributed by atoms with Crippen molar-refractivity contribution in [2.24, 2.45) is 0 Å². The SMILES string of the molecule is Cc1ccccc1N1Cc2ccccc2S1=O. The Kier molecular flexibility index (Phi) is 2.48. The number of para-hydroxylation sites is 1. The van der Waals surface area contributed by atoms with Crippen LogP contribution in [0, 0.1) is 6.92 Å². The number of hydrogen-bond donors (Lipinski definition) is 0. The molecule has 3 rings (SSSR count). The van der Waals surface area contributed by atoms with Crippen LogP contribution in [0.1, 0.15) is 11.1 Å². The first kappa shape index (κ1) is 10.5. The lowest BCUT2D eigenvalue weighted by Crippen LogP contribution is -2.18. The van der Waals surface area contributed by atoms with Crippen LogP contribution >= 0.6 is 0 Å². The summed E-state index contributed by atoms with van der Waals surface area (Å²) in [6.45, 7) is 2.78. The molecule has 0 saturated carbocycles. The maximum atomic E-state index is 12.4. The van der Waals surface area contributed by atoms with Gasteiger partial charge in [-0.3, -0.25) is 4.31 Å². The van der Waals surface area contributed by atoms with Crippen molar-refractivity contribution in [1.29, 1.82) is 0 Å². The van der Waals surface area contributed by atoms with E-state index >= 15 is 0 Å². The predicted octanol–water partition coefficient (Wildman–Crippen LogP) is 3.04. The smallest absolute Gasteiger partial charge is 0.153 e. The zero-order chi connectivity index (χ0) is 11.8. The molecule has 0 aliphatic carbocycles. The highest BCUT2D eigenvalue weighted by molar-refractivity contribution is 7.86. The summed E-state index contributed by atoms with van der Waals surface area (Å²) in [7, 11) is -1.06. The molecule has 1 aliphatic rings. The maximum absolute atomic E-state index is 12.4. The summed E-state index contributed by atoms with van der Waals surface area (Å²) in [6, 6.07) is 16.0. The zero-order valence-electron chi connectivity index (χ0n) is 9.59. The fraction of sp³-hybridized carbons (Fsp3) is 0.143. The van der Waals surface area contributed by atoms with Gasteiger partial charge < -0.3 is 0 Å². The van der Waals surface area contributed by atoms with Crippen LogP contribution in [0.15, 0.2) is 53.4 Å². The van der Waals surface area contributed by atoms with Crippen LogP contribution < -0.4 is 4.31 Å². The third kappa shape index (κ3) is 1.67. The van der Waals surface area contributed by atoms with E-state index in [1.807, 2.05) is 46.8 Å². The highest BCUT2D eigenvalue weighted by atomic mass is 32.2. The van der Waals surface area contributed by atoms with Crippen molar-refractivity contribution in [3.63, 3.8) is 0 Å². The molecular weight excluding hydrogens is 230 g/mol. The topological polar surface area (TPSA) is 20.3 Å². The van der Waals surface area contributed by atoms with Gasteiger partial charge in [-0.2, -0.15) is 0 Å². The van der Waals surface area contributed by atoms with Gasteiger partial charge in [0.05, 0.1) is 17.1 Å². The summed E-state index contributed by atoms with van der Waals surface area (Å²) in [4.78, 5) is 0.941. The second-order valence-electron chi connectivity index (χ2n) is 4.18. The van der Waals surface area contributed by atoms with E-state index in [2.05, 4.69) is 13.0 Å². The van der Waals surface area contributed by atoms with E-state index < -0.39 is 11.0 Å². The number of nitrogens with zero attached hydrogens (tertiary/aromatic N) is 1. The fourth-order valence-corrected chi connectivity index (χ4v) is 3.58. The lowest BCUT2D eigenvalue weighted by atomic mass is 10.2. The van der Waals surface area contributed by atoms with Gasteiger partial charge in [-0.25, -0.2) is 4.21 Å². The van der Waals surface area contributed by atoms with Crippen molar-refractivity contribution in [1.82, 2.24) is 0 Å². The number of anilines is 1. The summed E-state index contributed by atoms with van der Waals surface area (Å²) in [5.74, 6) is 0. The predicted molar refractivity (Wildman–Crippen MR) is 70.2 cm³/mol. The van der Waals surface area contributed by atoms with Gasteiger partial charge in [0, 0.05) is 0 Å². The third-order valence-electron chi connectivity index (χ3n) is 3.06. The van der Waals surface area contributed by atoms with Crippen molar-refractivity contribution in [3.8, 4) is 0 Å². The Hall–Kier alpha value is -1.61. The Morgan fingerprint density at radius 3 is 2.53 bits per heavy atom. The first-order chi connectivity index (χ1) is 8.27. The van der Waals surface area contributed by atoms with Crippen molar-refractivity contribution >= 4 is 16.7 Å². The minimum Gasteiger partial charge on any atom is -0.283 e. The standard InChI is InChI=1S/C14H13NOS/c1-11-6-2-4-8-13(11)15-10-12-7-3-5-9-14(12)17(15)16/h2-9H,10H2,1H3. The number of aryl methyl sites for hydroxylation is 1. The van der Waals surface area contributed by atoms with Crippen LogP contribution in [0.4, 0.5) is 5.69 Å². The average Bonchev–Trinajstić information content (AvgIpc) is 2.68. The van der Waals surface area contributed by atoms with Crippen molar-refractivity contribution in [2.45, 2.75) is 18.4 Å². The Labute approximate surface area is 103 Å². The molecule has 0 aromatic heterocycles. The van der Waals surface area contributed by atoms with Crippen molar-refractivity contribution in [3.05, 3.63) is 59.7 Å². The molecule has 1 atom stereocenters. The normalized spacial score (nSPS) is 18.2. The summed E-state index contributed by atoms with van der Waals surface area (Å²) in [5.41, 5.74) is 3.38. The molecule has 17 heavy (non-hydrogen) atoms. The van der Waals surface area contributed by atoms with Gasteiger partial charge in [0.1, 0.15) is 0 Å². The van der Waals surface area contributed by atoms with E-state index in [0.717, 1.165) is 28.3 Å². The van der Waals surface area contributed by atoms with E-state index in [0.29, 0.717) is 0 Å². The second kappa shape index (κ2) is 4.00. The number of rotatable bonds is 1. The third-order valence-corrected chi connectivity index (χ3v) is 4.56. The van der Waals surface area contributed by atoms with E-state index in [1.54, 1.807) is 0 Å². The molecule has 2 aromatic carbocycles. The lowest BCUT2D eigenvalue weighted by Gasteiger charge is -2.18. The Morgan fingerprint density at radius 2 is 1.76 bits per heavy atom. The molecule has 2 nitrogen and oxygen atoms in total. The molecular formula is C14H13NOS.